The summed E-state index contributed by atoms with van der Waals surface area (Å²) in [5.41, 5.74) is 1.44. The highest BCUT2D eigenvalue weighted by atomic mass is 16.5. The van der Waals surface area contributed by atoms with Crippen LogP contribution in [0.3, 0.4) is 0 Å². The zero-order chi connectivity index (χ0) is 16.7. The van der Waals surface area contributed by atoms with E-state index in [0.717, 1.165) is 5.56 Å². The van der Waals surface area contributed by atoms with Gasteiger partial charge in [-0.1, -0.05) is 0 Å². The van der Waals surface area contributed by atoms with Crippen molar-refractivity contribution in [1.82, 2.24) is 0 Å². The number of ether oxygens (including phenoxy) is 1. The molecule has 118 valence electrons. The van der Waals surface area contributed by atoms with Crippen LogP contribution in [0.25, 0.3) is 21.9 Å². The number of hydrogen-bond acceptors (Lipinski definition) is 4. The van der Waals surface area contributed by atoms with Crippen molar-refractivity contribution in [1.29, 1.82) is 0 Å². The maximum absolute atomic E-state index is 12.7. The summed E-state index contributed by atoms with van der Waals surface area (Å²) in [6.07, 6.45) is -0.0158. The number of carboxylic acids is 1. The number of carboxylic acid groups (broad SMARTS) is 1. The Morgan fingerprint density at radius 1 is 1.17 bits per heavy atom. The molecule has 2 aromatic carbocycles. The Bertz CT molecular complexity index is 982. The fourth-order valence-corrected chi connectivity index (χ4v) is 2.57. The molecule has 0 aliphatic rings. The van der Waals surface area contributed by atoms with Crippen molar-refractivity contribution >= 4 is 27.9 Å². The summed E-state index contributed by atoms with van der Waals surface area (Å²) in [4.78, 5) is 23.8. The van der Waals surface area contributed by atoms with Crippen LogP contribution in [0.5, 0.6) is 5.75 Å². The molecule has 23 heavy (non-hydrogen) atoms. The quantitative estimate of drug-likeness (QED) is 0.745. The molecule has 5 heteroatoms. The van der Waals surface area contributed by atoms with Crippen LogP contribution >= 0.6 is 0 Å². The molecule has 0 fully saturated rings. The summed E-state index contributed by atoms with van der Waals surface area (Å²) in [6.45, 7) is 5.65. The van der Waals surface area contributed by atoms with E-state index >= 15 is 0 Å². The first kappa shape index (κ1) is 15.1. The molecule has 3 rings (SSSR count). The maximum atomic E-state index is 12.7. The minimum Gasteiger partial charge on any atom is -0.491 e. The second-order valence-corrected chi connectivity index (χ2v) is 5.73. The Hall–Kier alpha value is -2.82. The van der Waals surface area contributed by atoms with Crippen molar-refractivity contribution in [3.8, 4) is 5.75 Å². The Kier molecular flexibility index (Phi) is 3.56. The average Bonchev–Trinajstić information content (AvgIpc) is 2.47. The summed E-state index contributed by atoms with van der Waals surface area (Å²) in [5, 5.41) is 9.72. The second-order valence-electron chi connectivity index (χ2n) is 5.73. The fraction of sp³-hybridized carbons (Fsp3) is 0.222. The molecule has 3 aromatic rings. The first-order valence-corrected chi connectivity index (χ1v) is 7.28. The van der Waals surface area contributed by atoms with Gasteiger partial charge in [-0.05, 0) is 56.7 Å². The van der Waals surface area contributed by atoms with Crippen LogP contribution in [0.4, 0.5) is 0 Å². The molecule has 1 aromatic heterocycles. The third-order valence-corrected chi connectivity index (χ3v) is 3.55. The molecule has 0 saturated heterocycles. The van der Waals surface area contributed by atoms with Gasteiger partial charge >= 0.3 is 5.97 Å². The number of rotatable bonds is 3. The highest BCUT2D eigenvalue weighted by molar-refractivity contribution is 5.96. The lowest BCUT2D eigenvalue weighted by Crippen LogP contribution is -2.08. The molecule has 0 aliphatic heterocycles. The number of aryl methyl sites for hydroxylation is 1. The third kappa shape index (κ3) is 2.65. The smallest absolute Gasteiger partial charge is 0.335 e. The summed E-state index contributed by atoms with van der Waals surface area (Å²) in [7, 11) is 0. The molecule has 0 aliphatic carbocycles. The Labute approximate surface area is 132 Å². The summed E-state index contributed by atoms with van der Waals surface area (Å²) >= 11 is 0. The van der Waals surface area contributed by atoms with Gasteiger partial charge in [0.05, 0.1) is 22.4 Å². The van der Waals surface area contributed by atoms with E-state index in [4.69, 9.17) is 14.3 Å². The minimum atomic E-state index is -1.08. The van der Waals surface area contributed by atoms with Crippen LogP contribution in [-0.2, 0) is 0 Å². The molecular weight excluding hydrogens is 296 g/mol. The van der Waals surface area contributed by atoms with Crippen LogP contribution in [0.15, 0.2) is 39.5 Å². The zero-order valence-electron chi connectivity index (χ0n) is 13.0. The van der Waals surface area contributed by atoms with Gasteiger partial charge < -0.3 is 14.3 Å². The van der Waals surface area contributed by atoms with Crippen molar-refractivity contribution in [3.05, 3.63) is 51.7 Å². The predicted molar refractivity (Wildman–Crippen MR) is 87.5 cm³/mol. The number of carbonyl (C=O) groups is 1. The molecule has 0 bridgehead atoms. The van der Waals surface area contributed by atoms with Crippen LogP contribution < -0.4 is 10.2 Å². The van der Waals surface area contributed by atoms with E-state index < -0.39 is 5.97 Å². The molecule has 0 spiro atoms. The van der Waals surface area contributed by atoms with Crippen LogP contribution in [0.1, 0.15) is 29.8 Å². The Morgan fingerprint density at radius 2 is 1.91 bits per heavy atom. The molecule has 5 nitrogen and oxygen atoms in total. The van der Waals surface area contributed by atoms with Gasteiger partial charge in [0.1, 0.15) is 16.9 Å². The van der Waals surface area contributed by atoms with Crippen LogP contribution in [0, 0.1) is 6.92 Å². The van der Waals surface area contributed by atoms with Gasteiger partial charge in [0.2, 0.25) is 5.43 Å². The molecule has 0 amide bonds. The third-order valence-electron chi connectivity index (χ3n) is 3.55. The van der Waals surface area contributed by atoms with Gasteiger partial charge in [-0.2, -0.15) is 0 Å². The standard InChI is InChI=1S/C18H16O5/c1-9(2)22-12-6-10(3)17-14(8-12)16(19)13-7-11(18(20)21)4-5-15(13)23-17/h4-9H,1-3H3,(H,20,21). The minimum absolute atomic E-state index is 0.0158. The largest absolute Gasteiger partial charge is 0.491 e. The zero-order valence-corrected chi connectivity index (χ0v) is 13.0. The highest BCUT2D eigenvalue weighted by Gasteiger charge is 2.14. The van der Waals surface area contributed by atoms with E-state index in [0.29, 0.717) is 22.3 Å². The molecule has 1 heterocycles. The van der Waals surface area contributed by atoms with E-state index in [2.05, 4.69) is 0 Å². The number of benzene rings is 2. The van der Waals surface area contributed by atoms with E-state index in [1.54, 1.807) is 6.07 Å². The maximum Gasteiger partial charge on any atom is 0.335 e. The topological polar surface area (TPSA) is 76.7 Å². The molecule has 0 radical (unpaired) electrons. The molecule has 1 N–H and O–H groups in total. The van der Waals surface area contributed by atoms with E-state index in [1.165, 1.54) is 18.2 Å². The van der Waals surface area contributed by atoms with Gasteiger partial charge in [0.25, 0.3) is 0 Å². The van der Waals surface area contributed by atoms with E-state index in [1.807, 2.05) is 26.8 Å². The van der Waals surface area contributed by atoms with E-state index in [-0.39, 0.29) is 22.5 Å². The summed E-state index contributed by atoms with van der Waals surface area (Å²) in [6, 6.07) is 7.74. The number of hydrogen-bond donors (Lipinski definition) is 1. The average molecular weight is 312 g/mol. The van der Waals surface area contributed by atoms with Crippen LogP contribution in [0.2, 0.25) is 0 Å². The van der Waals surface area contributed by atoms with Crippen molar-refractivity contribution in [2.24, 2.45) is 0 Å². The SMILES string of the molecule is Cc1cc(OC(C)C)cc2c(=O)c3cc(C(=O)O)ccc3oc12. The second kappa shape index (κ2) is 5.43. The van der Waals surface area contributed by atoms with Crippen molar-refractivity contribution in [3.63, 3.8) is 0 Å². The van der Waals surface area contributed by atoms with Gasteiger partial charge in [-0.15, -0.1) is 0 Å². The molecular formula is C18H16O5. The van der Waals surface area contributed by atoms with E-state index in [9.17, 15) is 9.59 Å². The van der Waals surface area contributed by atoms with Gasteiger partial charge in [0, 0.05) is 0 Å². The monoisotopic (exact) mass is 312 g/mol. The number of aromatic carboxylic acids is 1. The molecule has 0 saturated carbocycles. The first-order chi connectivity index (χ1) is 10.9. The lowest BCUT2D eigenvalue weighted by molar-refractivity contribution is 0.0697. The molecule has 0 unspecified atom stereocenters. The van der Waals surface area contributed by atoms with Gasteiger partial charge in [-0.3, -0.25) is 4.79 Å². The van der Waals surface area contributed by atoms with Gasteiger partial charge in [-0.25, -0.2) is 4.79 Å². The van der Waals surface area contributed by atoms with Crippen molar-refractivity contribution < 1.29 is 19.1 Å². The summed E-state index contributed by atoms with van der Waals surface area (Å²) in [5.74, 6) is -0.495. The summed E-state index contributed by atoms with van der Waals surface area (Å²) < 4.78 is 11.5. The lowest BCUT2D eigenvalue weighted by Gasteiger charge is -2.12. The Balaban J connectivity index is 2.35. The Morgan fingerprint density at radius 3 is 2.57 bits per heavy atom. The fourth-order valence-electron chi connectivity index (χ4n) is 2.57. The highest BCUT2D eigenvalue weighted by Crippen LogP contribution is 2.27. The van der Waals surface area contributed by atoms with Crippen molar-refractivity contribution in [2.45, 2.75) is 26.9 Å². The lowest BCUT2D eigenvalue weighted by atomic mass is 10.1. The number of fused-ring (bicyclic) bond motifs is 2. The van der Waals surface area contributed by atoms with Crippen molar-refractivity contribution in [2.75, 3.05) is 0 Å². The van der Waals surface area contributed by atoms with Crippen LogP contribution in [-0.4, -0.2) is 17.2 Å². The predicted octanol–water partition coefficient (Wildman–Crippen LogP) is 3.74. The first-order valence-electron chi connectivity index (χ1n) is 7.28. The normalized spacial score (nSPS) is 11.3. The van der Waals surface area contributed by atoms with Gasteiger partial charge in [0.15, 0.2) is 0 Å². The molecule has 0 atom stereocenters.